The summed E-state index contributed by atoms with van der Waals surface area (Å²) in [7, 11) is 0. The molecule has 274 valence electrons. The molecule has 0 spiro atoms. The highest BCUT2D eigenvalue weighted by molar-refractivity contribution is 6.20. The molecule has 0 bridgehead atoms. The van der Waals surface area contributed by atoms with Crippen LogP contribution in [0.3, 0.4) is 0 Å². The van der Waals surface area contributed by atoms with Gasteiger partial charge in [0.05, 0.1) is 10.8 Å². The Morgan fingerprint density at radius 2 is 1.30 bits per heavy atom. The number of fused-ring (bicyclic) bond motifs is 2. The van der Waals surface area contributed by atoms with Crippen LogP contribution >= 0.6 is 0 Å². The fourth-order valence-electron chi connectivity index (χ4n) is 4.83. The first-order valence-corrected chi connectivity index (χ1v) is 16.1. The summed E-state index contributed by atoms with van der Waals surface area (Å²) in [4.78, 5) is 38.3. The van der Waals surface area contributed by atoms with E-state index in [1.54, 1.807) is 31.2 Å². The van der Waals surface area contributed by atoms with E-state index in [0.717, 1.165) is 12.5 Å². The van der Waals surface area contributed by atoms with Gasteiger partial charge in [0.2, 0.25) is 0 Å². The number of carbonyl (C=O) groups is 3. The first-order chi connectivity index (χ1) is 25.1. The lowest BCUT2D eigenvalue weighted by Crippen LogP contribution is -2.12. The van der Waals surface area contributed by atoms with E-state index in [2.05, 4.69) is 32.9 Å². The first kappa shape index (κ1) is 39.3. The van der Waals surface area contributed by atoms with E-state index >= 15 is 0 Å². The van der Waals surface area contributed by atoms with Crippen molar-refractivity contribution >= 4 is 39.5 Å². The lowest BCUT2D eigenvalue weighted by Gasteiger charge is -2.22. The number of esters is 3. The average Bonchev–Trinajstić information content (AvgIpc) is 3.12. The molecule has 0 aliphatic carbocycles. The van der Waals surface area contributed by atoms with Gasteiger partial charge in [-0.15, -0.1) is 0 Å². The van der Waals surface area contributed by atoms with E-state index in [-0.39, 0.29) is 80.0 Å². The van der Waals surface area contributed by atoms with Crippen LogP contribution in [-0.2, 0) is 23.9 Å². The van der Waals surface area contributed by atoms with E-state index in [0.29, 0.717) is 22.5 Å². The van der Waals surface area contributed by atoms with Crippen molar-refractivity contribution in [2.24, 2.45) is 0 Å². The number of ether oxygens (including phenoxy) is 6. The maximum absolute atomic E-state index is 13.6. The molecule has 0 unspecified atom stereocenters. The molecular formula is C42H38F2O9. The van der Waals surface area contributed by atoms with Gasteiger partial charge in [-0.25, -0.2) is 23.2 Å². The molecule has 0 heterocycles. The van der Waals surface area contributed by atoms with E-state index in [4.69, 9.17) is 28.4 Å². The lowest BCUT2D eigenvalue weighted by atomic mass is 9.92. The van der Waals surface area contributed by atoms with Crippen molar-refractivity contribution in [1.82, 2.24) is 0 Å². The third kappa shape index (κ3) is 9.25. The second-order valence-electron chi connectivity index (χ2n) is 11.9. The number of benzene rings is 4. The zero-order valence-corrected chi connectivity index (χ0v) is 29.8. The van der Waals surface area contributed by atoms with Gasteiger partial charge in [-0.1, -0.05) is 69.3 Å². The maximum Gasteiger partial charge on any atom is 0.338 e. The number of allylic oxidation sites excluding steroid dienone is 1. The second-order valence-corrected chi connectivity index (χ2v) is 11.9. The van der Waals surface area contributed by atoms with E-state index in [9.17, 15) is 23.2 Å². The van der Waals surface area contributed by atoms with Crippen LogP contribution in [0.15, 0.2) is 128 Å². The Kier molecular flexibility index (Phi) is 12.7. The molecule has 0 radical (unpaired) electrons. The highest BCUT2D eigenvalue weighted by Gasteiger charge is 2.27. The molecule has 0 saturated heterocycles. The fourth-order valence-corrected chi connectivity index (χ4v) is 4.83. The van der Waals surface area contributed by atoms with Crippen molar-refractivity contribution in [3.63, 3.8) is 0 Å². The van der Waals surface area contributed by atoms with Gasteiger partial charge in [-0.2, -0.15) is 0 Å². The van der Waals surface area contributed by atoms with Crippen LogP contribution in [0.5, 0.6) is 23.0 Å². The Balaban J connectivity index is 2.15. The van der Waals surface area contributed by atoms with Crippen molar-refractivity contribution in [2.75, 3.05) is 13.2 Å². The number of halogens is 2. The predicted octanol–water partition coefficient (Wildman–Crippen LogP) is 10.0. The average molecular weight is 725 g/mol. The Bertz CT molecular complexity index is 2190. The summed E-state index contributed by atoms with van der Waals surface area (Å²) in [6.07, 6.45) is -0.627. The Hall–Kier alpha value is -6.49. The van der Waals surface area contributed by atoms with Crippen molar-refractivity contribution in [1.29, 1.82) is 0 Å². The molecule has 4 aromatic carbocycles. The van der Waals surface area contributed by atoms with Gasteiger partial charge in [0, 0.05) is 33.1 Å². The minimum atomic E-state index is -2.71. The maximum atomic E-state index is 13.6. The Morgan fingerprint density at radius 3 is 1.91 bits per heavy atom. The third-order valence-electron chi connectivity index (χ3n) is 7.55. The minimum absolute atomic E-state index is 0.00782. The molecule has 4 rings (SSSR count). The zero-order chi connectivity index (χ0) is 39.0. The molecule has 0 fully saturated rings. The molecule has 0 aliphatic heterocycles. The van der Waals surface area contributed by atoms with Gasteiger partial charge < -0.3 is 28.4 Å². The number of hydrogen-bond donors (Lipinski definition) is 0. The molecule has 0 N–H and O–H groups in total. The molecule has 11 heteroatoms. The van der Waals surface area contributed by atoms with Crippen LogP contribution < -0.4 is 18.9 Å². The molecule has 0 saturated carbocycles. The van der Waals surface area contributed by atoms with Gasteiger partial charge in [0.1, 0.15) is 54.5 Å². The van der Waals surface area contributed by atoms with Crippen molar-refractivity contribution in [3.05, 3.63) is 134 Å². The van der Waals surface area contributed by atoms with Gasteiger partial charge in [0.15, 0.2) is 0 Å². The van der Waals surface area contributed by atoms with Gasteiger partial charge in [-0.3, -0.25) is 0 Å². The SMILES string of the molecule is C=C(C)C(=C)OCCOc1ccc(-c2ccc(C(F)F)cc2)c2c(OC(=O)C(=C)C)c3cccc(OC(=O)C(=C)C)c3c(O/C=C\OC(=O)C(=C)C)c12. The molecule has 0 atom stereocenters. The number of carbonyl (C=O) groups excluding carboxylic acids is 3. The summed E-state index contributed by atoms with van der Waals surface area (Å²) in [5.74, 6) is -1.70. The molecule has 0 aromatic heterocycles. The van der Waals surface area contributed by atoms with E-state index in [1.165, 1.54) is 51.1 Å². The van der Waals surface area contributed by atoms with Crippen LogP contribution in [0, 0.1) is 0 Å². The molecule has 53 heavy (non-hydrogen) atoms. The number of rotatable bonds is 16. The quantitative estimate of drug-likeness (QED) is 0.0212. The summed E-state index contributed by atoms with van der Waals surface area (Å²) >= 11 is 0. The molecule has 4 aromatic rings. The first-order valence-electron chi connectivity index (χ1n) is 16.1. The second kappa shape index (κ2) is 17.1. The standard InChI is InChI=1S/C42H38F2O9/c1-23(2)27(9)48-19-20-49-32-18-17-30(28-13-15-29(16-14-28)39(43)44)35-36(32)38(50-21-22-51-40(45)24(3)4)34-31(37(35)53-42(47)26(7)8)11-10-12-33(34)52-41(46)25(5)6/h10-18,21-22,39H,1,3,5,7,9,19-20H2,2,4,6,8H3/b22-21-. The smallest absolute Gasteiger partial charge is 0.338 e. The van der Waals surface area contributed by atoms with Crippen LogP contribution in [0.25, 0.3) is 32.7 Å². The molecule has 0 amide bonds. The third-order valence-corrected chi connectivity index (χ3v) is 7.55. The highest BCUT2D eigenvalue weighted by atomic mass is 19.3. The minimum Gasteiger partial charge on any atom is -0.490 e. The monoisotopic (exact) mass is 724 g/mol. The van der Waals surface area contributed by atoms with Gasteiger partial charge >= 0.3 is 17.9 Å². The van der Waals surface area contributed by atoms with Crippen LogP contribution in [0.2, 0.25) is 0 Å². The topological polar surface area (TPSA) is 107 Å². The largest absolute Gasteiger partial charge is 0.490 e. The molecule has 9 nitrogen and oxygen atoms in total. The summed E-state index contributed by atoms with van der Waals surface area (Å²) in [5, 5.41) is 0.848. The predicted molar refractivity (Wildman–Crippen MR) is 199 cm³/mol. The Labute approximate surface area is 305 Å². The normalized spacial score (nSPS) is 10.9. The van der Waals surface area contributed by atoms with Gasteiger partial charge in [0.25, 0.3) is 6.43 Å². The van der Waals surface area contributed by atoms with Crippen LogP contribution in [0.1, 0.15) is 39.7 Å². The number of hydrogen-bond acceptors (Lipinski definition) is 9. The zero-order valence-electron chi connectivity index (χ0n) is 29.8. The Morgan fingerprint density at radius 1 is 0.660 bits per heavy atom. The molecule has 0 aliphatic rings. The lowest BCUT2D eigenvalue weighted by molar-refractivity contribution is -0.133. The van der Waals surface area contributed by atoms with E-state index < -0.39 is 24.3 Å². The van der Waals surface area contributed by atoms with Crippen LogP contribution in [0.4, 0.5) is 8.78 Å². The molecular weight excluding hydrogens is 686 g/mol. The van der Waals surface area contributed by atoms with Gasteiger partial charge in [-0.05, 0) is 62.6 Å². The summed E-state index contributed by atoms with van der Waals surface area (Å²) in [6, 6.07) is 13.6. The van der Waals surface area contributed by atoms with Crippen LogP contribution in [-0.4, -0.2) is 31.1 Å². The number of alkyl halides is 2. The van der Waals surface area contributed by atoms with Crippen molar-refractivity contribution < 1.29 is 51.6 Å². The summed E-state index contributed by atoms with van der Waals surface area (Å²) in [5.41, 5.74) is 1.64. The van der Waals surface area contributed by atoms with Crippen molar-refractivity contribution in [2.45, 2.75) is 34.1 Å². The van der Waals surface area contributed by atoms with Crippen molar-refractivity contribution in [3.8, 4) is 34.1 Å². The fraction of sp³-hybridized carbons (Fsp3) is 0.167. The highest BCUT2D eigenvalue weighted by Crippen LogP contribution is 2.52. The summed E-state index contributed by atoms with van der Waals surface area (Å²) in [6.45, 7) is 24.8. The van der Waals surface area contributed by atoms with E-state index in [1.807, 2.05) is 0 Å². The summed E-state index contributed by atoms with van der Waals surface area (Å²) < 4.78 is 62.2.